The van der Waals surface area contributed by atoms with Crippen molar-refractivity contribution in [1.29, 1.82) is 0 Å². The normalized spacial score (nSPS) is 30.6. The molecule has 1 aromatic carbocycles. The molecule has 0 radical (unpaired) electrons. The van der Waals surface area contributed by atoms with Gasteiger partial charge in [0.25, 0.3) is 0 Å². The molecule has 1 saturated carbocycles. The van der Waals surface area contributed by atoms with Gasteiger partial charge in [0.1, 0.15) is 0 Å². The Kier molecular flexibility index (Phi) is 4.15. The molecule has 3 aliphatic carbocycles. The van der Waals surface area contributed by atoms with Gasteiger partial charge < -0.3 is 10.4 Å². The van der Waals surface area contributed by atoms with Gasteiger partial charge in [0.05, 0.1) is 23.7 Å². The highest BCUT2D eigenvalue weighted by molar-refractivity contribution is 5.62. The summed E-state index contributed by atoms with van der Waals surface area (Å²) in [5, 5.41) is 13.8. The number of aryl methyl sites for hydroxylation is 3. The molecule has 29 heavy (non-hydrogen) atoms. The van der Waals surface area contributed by atoms with Crippen molar-refractivity contribution < 1.29 is 5.11 Å². The number of nitrogens with one attached hydrogen (secondary N) is 1. The van der Waals surface area contributed by atoms with Crippen molar-refractivity contribution in [3.63, 3.8) is 0 Å². The van der Waals surface area contributed by atoms with Gasteiger partial charge in [-0.25, -0.2) is 4.98 Å². The average molecular weight is 390 g/mol. The largest absolute Gasteiger partial charge is 0.393 e. The number of allylic oxidation sites excluding steroid dienone is 1. The third-order valence-corrected chi connectivity index (χ3v) is 7.74. The Hall–Kier alpha value is -2.20. The second-order valence-electron chi connectivity index (χ2n) is 9.85. The molecule has 1 heterocycles. The highest BCUT2D eigenvalue weighted by Gasteiger charge is 2.50. The molecule has 3 aliphatic rings. The fourth-order valence-electron chi connectivity index (χ4n) is 6.21. The Morgan fingerprint density at radius 3 is 2.72 bits per heavy atom. The summed E-state index contributed by atoms with van der Waals surface area (Å²) in [7, 11) is 0. The standard InChI is InChI=1S/C25H31N3O/c1-15-14-26-23(16(2)27-15)28-18-6-8-20-17(11-18)5-7-21-22-12-19(29)13-24(22,3)9-10-25(20,21)4/h6,8,11,14,19,29H,5,7,9-10,12-13H2,1-4H3,(H,26,28)/t19-,24-,25-/m0/s1. The van der Waals surface area contributed by atoms with E-state index in [0.29, 0.717) is 0 Å². The summed E-state index contributed by atoms with van der Waals surface area (Å²) in [6.45, 7) is 8.77. The molecule has 2 N–H and O–H groups in total. The molecule has 1 fully saturated rings. The zero-order valence-electron chi connectivity index (χ0n) is 18.0. The molecular formula is C25H31N3O. The lowest BCUT2D eigenvalue weighted by Crippen LogP contribution is -2.38. The lowest BCUT2D eigenvalue weighted by molar-refractivity contribution is 0.157. The predicted octanol–water partition coefficient (Wildman–Crippen LogP) is 5.29. The molecule has 152 valence electrons. The van der Waals surface area contributed by atoms with Crippen LogP contribution >= 0.6 is 0 Å². The van der Waals surface area contributed by atoms with Crippen LogP contribution in [0.25, 0.3) is 0 Å². The van der Waals surface area contributed by atoms with Crippen molar-refractivity contribution in [2.24, 2.45) is 5.41 Å². The van der Waals surface area contributed by atoms with E-state index in [2.05, 4.69) is 47.3 Å². The molecule has 0 amide bonds. The van der Waals surface area contributed by atoms with Crippen LogP contribution in [0.15, 0.2) is 35.5 Å². The van der Waals surface area contributed by atoms with E-state index < -0.39 is 0 Å². The van der Waals surface area contributed by atoms with Crippen molar-refractivity contribution in [1.82, 2.24) is 9.97 Å². The van der Waals surface area contributed by atoms with Crippen LogP contribution in [0.2, 0.25) is 0 Å². The Morgan fingerprint density at radius 1 is 1.10 bits per heavy atom. The molecule has 1 aromatic heterocycles. The fourth-order valence-corrected chi connectivity index (χ4v) is 6.21. The van der Waals surface area contributed by atoms with Crippen LogP contribution in [-0.2, 0) is 11.8 Å². The van der Waals surface area contributed by atoms with Crippen molar-refractivity contribution in [3.05, 3.63) is 58.1 Å². The lowest BCUT2D eigenvalue weighted by atomic mass is 9.56. The number of hydrogen-bond donors (Lipinski definition) is 2. The van der Waals surface area contributed by atoms with Gasteiger partial charge in [-0.1, -0.05) is 31.1 Å². The van der Waals surface area contributed by atoms with Gasteiger partial charge in [-0.05, 0) is 81.0 Å². The fraction of sp³-hybridized carbons (Fsp3) is 0.520. The summed E-state index contributed by atoms with van der Waals surface area (Å²) in [5.41, 5.74) is 9.39. The first kappa shape index (κ1) is 18.8. The number of benzene rings is 1. The van der Waals surface area contributed by atoms with Crippen molar-refractivity contribution >= 4 is 11.5 Å². The Morgan fingerprint density at radius 2 is 1.93 bits per heavy atom. The second-order valence-corrected chi connectivity index (χ2v) is 9.85. The molecule has 4 nitrogen and oxygen atoms in total. The van der Waals surface area contributed by atoms with E-state index in [0.717, 1.165) is 48.6 Å². The number of aliphatic hydroxyl groups is 1. The first-order valence-electron chi connectivity index (χ1n) is 10.9. The Labute approximate surface area is 173 Å². The number of rotatable bonds is 2. The number of fused-ring (bicyclic) bond motifs is 4. The zero-order valence-corrected chi connectivity index (χ0v) is 18.0. The van der Waals surface area contributed by atoms with Crippen LogP contribution in [0.4, 0.5) is 11.5 Å². The number of aromatic nitrogens is 2. The van der Waals surface area contributed by atoms with Crippen LogP contribution < -0.4 is 5.32 Å². The van der Waals surface area contributed by atoms with E-state index in [1.165, 1.54) is 24.0 Å². The molecule has 0 aliphatic heterocycles. The maximum absolute atomic E-state index is 10.4. The molecular weight excluding hydrogens is 358 g/mol. The molecule has 4 heteroatoms. The second kappa shape index (κ2) is 6.40. The molecule has 3 atom stereocenters. The highest BCUT2D eigenvalue weighted by atomic mass is 16.3. The van der Waals surface area contributed by atoms with Gasteiger partial charge >= 0.3 is 0 Å². The molecule has 2 aromatic rings. The Bertz CT molecular complexity index is 1030. The first-order valence-corrected chi connectivity index (χ1v) is 10.9. The summed E-state index contributed by atoms with van der Waals surface area (Å²) in [4.78, 5) is 9.02. The van der Waals surface area contributed by atoms with Gasteiger partial charge in [-0.2, -0.15) is 0 Å². The predicted molar refractivity (Wildman–Crippen MR) is 117 cm³/mol. The number of hydrogen-bond acceptors (Lipinski definition) is 4. The zero-order chi connectivity index (χ0) is 20.4. The molecule has 0 saturated heterocycles. The van der Waals surface area contributed by atoms with E-state index in [4.69, 9.17) is 0 Å². The number of anilines is 2. The number of nitrogens with zero attached hydrogens (tertiary/aromatic N) is 2. The molecule has 0 spiro atoms. The molecule has 5 rings (SSSR count). The maximum Gasteiger partial charge on any atom is 0.151 e. The minimum absolute atomic E-state index is 0.116. The average Bonchev–Trinajstić information content (AvgIpc) is 2.98. The summed E-state index contributed by atoms with van der Waals surface area (Å²) >= 11 is 0. The van der Waals surface area contributed by atoms with Gasteiger partial charge in [0.2, 0.25) is 0 Å². The van der Waals surface area contributed by atoms with E-state index in [1.807, 2.05) is 20.0 Å². The van der Waals surface area contributed by atoms with Crippen molar-refractivity contribution in [3.8, 4) is 0 Å². The monoisotopic (exact) mass is 389 g/mol. The van der Waals surface area contributed by atoms with Crippen molar-refractivity contribution in [2.45, 2.75) is 77.7 Å². The van der Waals surface area contributed by atoms with Crippen LogP contribution in [-0.4, -0.2) is 21.2 Å². The quantitative estimate of drug-likeness (QED) is 0.685. The summed E-state index contributed by atoms with van der Waals surface area (Å²) in [5.74, 6) is 0.828. The topological polar surface area (TPSA) is 58.0 Å². The van der Waals surface area contributed by atoms with Gasteiger partial charge in [-0.3, -0.25) is 4.98 Å². The lowest BCUT2D eigenvalue weighted by Gasteiger charge is -2.48. The van der Waals surface area contributed by atoms with Crippen molar-refractivity contribution in [2.75, 3.05) is 5.32 Å². The molecule has 0 bridgehead atoms. The molecule has 0 unspecified atom stereocenters. The maximum atomic E-state index is 10.4. The summed E-state index contributed by atoms with van der Waals surface area (Å²) in [6.07, 6.45) is 8.02. The van der Waals surface area contributed by atoms with Gasteiger partial charge in [-0.15, -0.1) is 0 Å². The smallest absolute Gasteiger partial charge is 0.151 e. The highest BCUT2D eigenvalue weighted by Crippen LogP contribution is 2.59. The van der Waals surface area contributed by atoms with Crippen LogP contribution in [0.5, 0.6) is 0 Å². The van der Waals surface area contributed by atoms with E-state index >= 15 is 0 Å². The van der Waals surface area contributed by atoms with E-state index in [-0.39, 0.29) is 16.9 Å². The third kappa shape index (κ3) is 2.92. The minimum atomic E-state index is -0.156. The van der Waals surface area contributed by atoms with E-state index in [1.54, 1.807) is 11.1 Å². The van der Waals surface area contributed by atoms with E-state index in [9.17, 15) is 5.11 Å². The minimum Gasteiger partial charge on any atom is -0.393 e. The third-order valence-electron chi connectivity index (χ3n) is 7.74. The first-order chi connectivity index (χ1) is 13.8. The Balaban J connectivity index is 1.51. The van der Waals surface area contributed by atoms with Crippen LogP contribution in [0.1, 0.15) is 68.5 Å². The summed E-state index contributed by atoms with van der Waals surface area (Å²) in [6, 6.07) is 6.82. The van der Waals surface area contributed by atoms with Crippen LogP contribution in [0, 0.1) is 19.3 Å². The number of aliphatic hydroxyl groups excluding tert-OH is 1. The SMILES string of the molecule is Cc1cnc(Nc2ccc3c(c2)CCC2=C4C[C@H](O)C[C@]4(C)CC[C@]23C)c(C)n1. The van der Waals surface area contributed by atoms with Gasteiger partial charge in [0.15, 0.2) is 5.82 Å². The van der Waals surface area contributed by atoms with Crippen LogP contribution in [0.3, 0.4) is 0 Å². The summed E-state index contributed by atoms with van der Waals surface area (Å²) < 4.78 is 0. The van der Waals surface area contributed by atoms with Gasteiger partial charge in [0, 0.05) is 11.1 Å².